The summed E-state index contributed by atoms with van der Waals surface area (Å²) in [4.78, 5) is 50.3. The van der Waals surface area contributed by atoms with Gasteiger partial charge in [-0.25, -0.2) is 0 Å². The lowest BCUT2D eigenvalue weighted by atomic mass is 9.75. The van der Waals surface area contributed by atoms with Gasteiger partial charge in [-0.2, -0.15) is 11.8 Å². The molecule has 2 N–H and O–H groups in total. The third kappa shape index (κ3) is 11.2. The minimum absolute atomic E-state index is 0.0374. The predicted octanol–water partition coefficient (Wildman–Crippen LogP) is 5.24. The van der Waals surface area contributed by atoms with Crippen molar-refractivity contribution in [1.82, 2.24) is 5.32 Å². The van der Waals surface area contributed by atoms with Crippen LogP contribution in [0.2, 0.25) is 0 Å². The molecular formula is C30H53NO8S. The number of hydrogen-bond donors (Lipinski definition) is 2. The molecule has 0 aliphatic heterocycles. The molecule has 10 heteroatoms. The molecule has 0 amide bonds. The SMILES string of the molecule is CCC(C)CC(C)(C)SCCC(=O)OCC(COC(=O)C(C)(NC)C(C)(C)C)OC(=O)C1CCCCC1C(=O)O. The van der Waals surface area contributed by atoms with Crippen LogP contribution in [0.3, 0.4) is 0 Å². The smallest absolute Gasteiger partial charge is 0.326 e. The molecule has 1 saturated carbocycles. The van der Waals surface area contributed by atoms with Gasteiger partial charge in [0.25, 0.3) is 0 Å². The zero-order valence-electron chi connectivity index (χ0n) is 26.1. The van der Waals surface area contributed by atoms with Gasteiger partial charge in [0, 0.05) is 10.5 Å². The molecule has 0 heterocycles. The lowest BCUT2D eigenvalue weighted by molar-refractivity contribution is -0.176. The molecule has 1 aliphatic rings. The van der Waals surface area contributed by atoms with Crippen LogP contribution in [0.25, 0.3) is 0 Å². The molecule has 9 nitrogen and oxygen atoms in total. The first-order valence-electron chi connectivity index (χ1n) is 14.6. The van der Waals surface area contributed by atoms with E-state index < -0.39 is 52.8 Å². The third-order valence-electron chi connectivity index (χ3n) is 8.24. The number of carboxylic acids is 1. The number of likely N-dealkylation sites (N-methyl/N-ethyl adjacent to an activating group) is 1. The van der Waals surface area contributed by atoms with E-state index in [1.165, 1.54) is 0 Å². The number of thioether (sulfide) groups is 1. The van der Waals surface area contributed by atoms with Gasteiger partial charge >= 0.3 is 23.9 Å². The number of esters is 3. The zero-order chi connectivity index (χ0) is 30.7. The Morgan fingerprint density at radius 3 is 2.08 bits per heavy atom. The molecule has 1 rings (SSSR count). The van der Waals surface area contributed by atoms with Gasteiger partial charge in [0.05, 0.1) is 18.3 Å². The average Bonchev–Trinajstić information content (AvgIpc) is 2.88. The van der Waals surface area contributed by atoms with E-state index in [-0.39, 0.29) is 24.4 Å². The molecule has 0 spiro atoms. The van der Waals surface area contributed by atoms with Crippen molar-refractivity contribution in [1.29, 1.82) is 0 Å². The normalized spacial score (nSPS) is 21.0. The van der Waals surface area contributed by atoms with Gasteiger partial charge in [0.2, 0.25) is 0 Å². The van der Waals surface area contributed by atoms with Crippen molar-refractivity contribution in [3.05, 3.63) is 0 Å². The van der Waals surface area contributed by atoms with Crippen LogP contribution < -0.4 is 5.32 Å². The van der Waals surface area contributed by atoms with Crippen LogP contribution in [0.5, 0.6) is 0 Å². The quantitative estimate of drug-likeness (QED) is 0.183. The average molecular weight is 588 g/mol. The van der Waals surface area contributed by atoms with E-state index in [2.05, 4.69) is 33.0 Å². The third-order valence-corrected chi connectivity index (χ3v) is 9.60. The Labute approximate surface area is 245 Å². The second-order valence-corrected chi connectivity index (χ2v) is 14.7. The summed E-state index contributed by atoms with van der Waals surface area (Å²) in [6, 6.07) is 0. The predicted molar refractivity (Wildman–Crippen MR) is 157 cm³/mol. The highest BCUT2D eigenvalue weighted by atomic mass is 32.2. The van der Waals surface area contributed by atoms with Gasteiger partial charge in [0.15, 0.2) is 6.10 Å². The minimum atomic E-state index is -1.05. The van der Waals surface area contributed by atoms with E-state index in [0.29, 0.717) is 24.5 Å². The van der Waals surface area contributed by atoms with Crippen molar-refractivity contribution in [2.45, 2.75) is 117 Å². The molecule has 0 aromatic heterocycles. The van der Waals surface area contributed by atoms with Gasteiger partial charge in [-0.1, -0.05) is 67.7 Å². The topological polar surface area (TPSA) is 128 Å². The van der Waals surface area contributed by atoms with Crippen molar-refractivity contribution >= 4 is 35.6 Å². The van der Waals surface area contributed by atoms with Gasteiger partial charge < -0.3 is 24.6 Å². The summed E-state index contributed by atoms with van der Waals surface area (Å²) in [6.45, 7) is 15.6. The maximum absolute atomic E-state index is 13.0. The molecule has 232 valence electrons. The number of hydrogen-bond acceptors (Lipinski definition) is 9. The molecule has 0 aromatic carbocycles. The lowest BCUT2D eigenvalue weighted by Gasteiger charge is -2.39. The molecule has 0 saturated heterocycles. The van der Waals surface area contributed by atoms with Gasteiger partial charge in [-0.15, -0.1) is 0 Å². The first kappa shape index (κ1) is 36.2. The zero-order valence-corrected chi connectivity index (χ0v) is 26.9. The molecule has 0 bridgehead atoms. The number of carboxylic acid groups (broad SMARTS) is 1. The molecule has 40 heavy (non-hydrogen) atoms. The van der Waals surface area contributed by atoms with E-state index in [1.807, 2.05) is 20.8 Å². The van der Waals surface area contributed by atoms with Gasteiger partial charge in [-0.05, 0) is 44.6 Å². The molecule has 0 radical (unpaired) electrons. The first-order valence-corrected chi connectivity index (χ1v) is 15.5. The summed E-state index contributed by atoms with van der Waals surface area (Å²) < 4.78 is 16.7. The van der Waals surface area contributed by atoms with Gasteiger partial charge in [-0.3, -0.25) is 19.2 Å². The summed E-state index contributed by atoms with van der Waals surface area (Å²) in [6.07, 6.45) is 3.58. The summed E-state index contributed by atoms with van der Waals surface area (Å²) in [5.74, 6) is -3.08. The van der Waals surface area contributed by atoms with Gasteiger partial charge in [0.1, 0.15) is 18.8 Å². The van der Waals surface area contributed by atoms with Crippen molar-refractivity contribution < 1.29 is 38.5 Å². The highest BCUT2D eigenvalue weighted by molar-refractivity contribution is 8.00. The van der Waals surface area contributed by atoms with Crippen LogP contribution in [0.1, 0.15) is 100 Å². The number of aliphatic carboxylic acids is 1. The largest absolute Gasteiger partial charge is 0.481 e. The molecular weight excluding hydrogens is 534 g/mol. The Bertz CT molecular complexity index is 855. The van der Waals surface area contributed by atoms with Crippen LogP contribution in [0.4, 0.5) is 0 Å². The van der Waals surface area contributed by atoms with E-state index in [9.17, 15) is 24.3 Å². The minimum Gasteiger partial charge on any atom is -0.481 e. The standard InChI is InChI=1S/C30H53NO8S/c1-10-20(2)17-29(6,7)40-16-15-24(32)37-18-21(19-38-27(36)30(8,31-9)28(3,4)5)39-26(35)23-14-12-11-13-22(23)25(33)34/h20-23,31H,10-19H2,1-9H3,(H,33,34). The second kappa shape index (κ2) is 16.0. The van der Waals surface area contributed by atoms with E-state index in [0.717, 1.165) is 25.7 Å². The number of rotatable bonds is 16. The number of carbonyl (C=O) groups is 4. The molecule has 1 aliphatic carbocycles. The fourth-order valence-corrected chi connectivity index (χ4v) is 6.11. The van der Waals surface area contributed by atoms with Crippen molar-refractivity contribution in [3.8, 4) is 0 Å². The number of nitrogens with one attached hydrogen (secondary N) is 1. The van der Waals surface area contributed by atoms with Crippen LogP contribution in [-0.2, 0) is 33.4 Å². The van der Waals surface area contributed by atoms with Crippen LogP contribution in [-0.4, -0.2) is 71.4 Å². The fraction of sp³-hybridized carbons (Fsp3) is 0.867. The lowest BCUT2D eigenvalue weighted by Crippen LogP contribution is -2.58. The monoisotopic (exact) mass is 587 g/mol. The van der Waals surface area contributed by atoms with Crippen LogP contribution in [0, 0.1) is 23.2 Å². The van der Waals surface area contributed by atoms with E-state index in [4.69, 9.17) is 14.2 Å². The Morgan fingerprint density at radius 2 is 1.55 bits per heavy atom. The summed E-state index contributed by atoms with van der Waals surface area (Å²) >= 11 is 1.72. The molecule has 5 unspecified atom stereocenters. The number of ether oxygens (including phenoxy) is 3. The molecule has 1 fully saturated rings. The Balaban J connectivity index is 2.86. The highest BCUT2D eigenvalue weighted by Crippen LogP contribution is 2.34. The fourth-order valence-electron chi connectivity index (χ4n) is 4.88. The van der Waals surface area contributed by atoms with Crippen molar-refractivity contribution in [3.63, 3.8) is 0 Å². The highest BCUT2D eigenvalue weighted by Gasteiger charge is 2.45. The second-order valence-electron chi connectivity index (χ2n) is 12.9. The number of carbonyl (C=O) groups excluding carboxylic acids is 3. The summed E-state index contributed by atoms with van der Waals surface area (Å²) in [5.41, 5.74) is -1.50. The maximum atomic E-state index is 13.0. The van der Waals surface area contributed by atoms with Crippen LogP contribution in [0.15, 0.2) is 0 Å². The Hall–Kier alpha value is -1.81. The Morgan fingerprint density at radius 1 is 0.975 bits per heavy atom. The van der Waals surface area contributed by atoms with E-state index >= 15 is 0 Å². The molecule has 5 atom stereocenters. The maximum Gasteiger partial charge on any atom is 0.326 e. The molecule has 0 aromatic rings. The summed E-state index contributed by atoms with van der Waals surface area (Å²) in [7, 11) is 1.67. The summed E-state index contributed by atoms with van der Waals surface area (Å²) in [5, 5.41) is 12.6. The van der Waals surface area contributed by atoms with Crippen molar-refractivity contribution in [2.75, 3.05) is 26.0 Å². The van der Waals surface area contributed by atoms with E-state index in [1.54, 1.807) is 25.7 Å². The van der Waals surface area contributed by atoms with Crippen LogP contribution >= 0.6 is 11.8 Å². The Kier molecular flexibility index (Phi) is 14.5. The van der Waals surface area contributed by atoms with Crippen molar-refractivity contribution in [2.24, 2.45) is 23.2 Å². The first-order chi connectivity index (χ1) is 18.5.